The molecule has 0 radical (unpaired) electrons. The smallest absolute Gasteiger partial charge is 0.0282 e. The van der Waals surface area contributed by atoms with Gasteiger partial charge in [0.05, 0.1) is 0 Å². The monoisotopic (exact) mass is 271 g/mol. The molecule has 1 unspecified atom stereocenters. The fourth-order valence-electron chi connectivity index (χ4n) is 3.09. The summed E-state index contributed by atoms with van der Waals surface area (Å²) in [5.41, 5.74) is 4.48. The number of rotatable bonds is 6. The van der Waals surface area contributed by atoms with Gasteiger partial charge in [0, 0.05) is 6.04 Å². The second-order valence-corrected chi connectivity index (χ2v) is 6.01. The van der Waals surface area contributed by atoms with Gasteiger partial charge in [-0.1, -0.05) is 54.8 Å². The predicted molar refractivity (Wildman–Crippen MR) is 88.1 cm³/mol. The van der Waals surface area contributed by atoms with E-state index in [-0.39, 0.29) is 0 Å². The van der Waals surface area contributed by atoms with E-state index in [4.69, 9.17) is 0 Å². The van der Waals surface area contributed by atoms with E-state index in [0.717, 1.165) is 6.54 Å². The van der Waals surface area contributed by atoms with Crippen molar-refractivity contribution in [1.29, 1.82) is 0 Å². The highest BCUT2D eigenvalue weighted by Gasteiger charge is 2.14. The van der Waals surface area contributed by atoms with Crippen LogP contribution in [0.5, 0.6) is 0 Å². The highest BCUT2D eigenvalue weighted by molar-refractivity contribution is 5.22. The second kappa shape index (κ2) is 8.26. The van der Waals surface area contributed by atoms with Gasteiger partial charge in [-0.3, -0.25) is 0 Å². The van der Waals surface area contributed by atoms with Gasteiger partial charge >= 0.3 is 0 Å². The lowest BCUT2D eigenvalue weighted by Crippen LogP contribution is -2.31. The lowest BCUT2D eigenvalue weighted by Gasteiger charge is -2.21. The molecule has 110 valence electrons. The van der Waals surface area contributed by atoms with Gasteiger partial charge in [0.2, 0.25) is 0 Å². The van der Waals surface area contributed by atoms with Crippen molar-refractivity contribution >= 4 is 0 Å². The zero-order valence-corrected chi connectivity index (χ0v) is 13.1. The van der Waals surface area contributed by atoms with E-state index < -0.39 is 0 Å². The fraction of sp³-hybridized carbons (Fsp3) is 0.579. The van der Waals surface area contributed by atoms with Crippen LogP contribution < -0.4 is 5.32 Å². The highest BCUT2D eigenvalue weighted by atomic mass is 14.9. The van der Waals surface area contributed by atoms with Gasteiger partial charge in [-0.25, -0.2) is 0 Å². The van der Waals surface area contributed by atoms with Gasteiger partial charge in [-0.05, 0) is 57.6 Å². The standard InChI is InChI=1S/C19H29N/c1-3-20-19(18-8-6-4-5-7-9-18)15-14-17-12-10-16(2)11-13-17/h8,10-13,19-20H,3-7,9,14-15H2,1-2H3. The topological polar surface area (TPSA) is 12.0 Å². The van der Waals surface area contributed by atoms with E-state index >= 15 is 0 Å². The van der Waals surface area contributed by atoms with Crippen molar-refractivity contribution in [2.24, 2.45) is 0 Å². The Morgan fingerprint density at radius 3 is 2.65 bits per heavy atom. The van der Waals surface area contributed by atoms with Gasteiger partial charge < -0.3 is 5.32 Å². The number of hydrogen-bond acceptors (Lipinski definition) is 1. The van der Waals surface area contributed by atoms with Crippen LogP contribution in [-0.4, -0.2) is 12.6 Å². The lowest BCUT2D eigenvalue weighted by atomic mass is 9.95. The summed E-state index contributed by atoms with van der Waals surface area (Å²) < 4.78 is 0. The average Bonchev–Trinajstić information content (AvgIpc) is 2.74. The Labute approximate surface area is 124 Å². The first kappa shape index (κ1) is 15.3. The molecule has 2 rings (SSSR count). The third kappa shape index (κ3) is 4.79. The molecule has 1 N–H and O–H groups in total. The van der Waals surface area contributed by atoms with Gasteiger partial charge in [0.15, 0.2) is 0 Å². The molecule has 20 heavy (non-hydrogen) atoms. The maximum absolute atomic E-state index is 3.69. The molecule has 0 amide bonds. The van der Waals surface area contributed by atoms with Crippen LogP contribution in [-0.2, 0) is 6.42 Å². The zero-order chi connectivity index (χ0) is 14.2. The van der Waals surface area contributed by atoms with E-state index in [1.807, 2.05) is 0 Å². The Hall–Kier alpha value is -1.08. The molecule has 0 spiro atoms. The summed E-state index contributed by atoms with van der Waals surface area (Å²) in [6.45, 7) is 5.44. The molecule has 0 bridgehead atoms. The molecule has 0 saturated heterocycles. The zero-order valence-electron chi connectivity index (χ0n) is 13.1. The van der Waals surface area contributed by atoms with Gasteiger partial charge in [-0.15, -0.1) is 0 Å². The van der Waals surface area contributed by atoms with Crippen molar-refractivity contribution in [3.8, 4) is 0 Å². The molecule has 1 aromatic rings. The Kier molecular flexibility index (Phi) is 6.32. The van der Waals surface area contributed by atoms with Crippen molar-refractivity contribution in [2.45, 2.75) is 64.8 Å². The molecule has 0 aliphatic heterocycles. The van der Waals surface area contributed by atoms with Crippen molar-refractivity contribution in [3.63, 3.8) is 0 Å². The van der Waals surface area contributed by atoms with Crippen LogP contribution in [0, 0.1) is 6.92 Å². The maximum atomic E-state index is 3.69. The number of nitrogens with one attached hydrogen (secondary N) is 1. The summed E-state index contributed by atoms with van der Waals surface area (Å²) in [6, 6.07) is 9.59. The quantitative estimate of drug-likeness (QED) is 0.733. The molecule has 1 aliphatic carbocycles. The summed E-state index contributed by atoms with van der Waals surface area (Å²) in [4.78, 5) is 0. The summed E-state index contributed by atoms with van der Waals surface area (Å²) in [7, 11) is 0. The van der Waals surface area contributed by atoms with Crippen molar-refractivity contribution in [1.82, 2.24) is 5.32 Å². The van der Waals surface area contributed by atoms with Crippen LogP contribution >= 0.6 is 0 Å². The van der Waals surface area contributed by atoms with Crippen molar-refractivity contribution in [3.05, 3.63) is 47.0 Å². The molecule has 1 aliphatic rings. The minimum Gasteiger partial charge on any atom is -0.311 e. The third-order valence-electron chi connectivity index (χ3n) is 4.32. The van der Waals surface area contributed by atoms with Gasteiger partial charge in [0.25, 0.3) is 0 Å². The molecule has 0 aromatic heterocycles. The molecule has 1 atom stereocenters. The molecule has 0 fully saturated rings. The molecule has 1 heteroatoms. The molecule has 1 nitrogen and oxygen atoms in total. The molecular weight excluding hydrogens is 242 g/mol. The second-order valence-electron chi connectivity index (χ2n) is 6.01. The average molecular weight is 271 g/mol. The van der Waals surface area contributed by atoms with Crippen molar-refractivity contribution in [2.75, 3.05) is 6.54 Å². The Morgan fingerprint density at radius 1 is 1.10 bits per heavy atom. The first-order chi connectivity index (χ1) is 9.79. The summed E-state index contributed by atoms with van der Waals surface area (Å²) >= 11 is 0. The van der Waals surface area contributed by atoms with E-state index in [2.05, 4.69) is 49.5 Å². The number of aryl methyl sites for hydroxylation is 2. The first-order valence-corrected chi connectivity index (χ1v) is 8.27. The largest absolute Gasteiger partial charge is 0.311 e. The van der Waals surface area contributed by atoms with Crippen LogP contribution in [0.3, 0.4) is 0 Å². The number of allylic oxidation sites excluding steroid dienone is 1. The molecule has 0 saturated carbocycles. The van der Waals surface area contributed by atoms with Crippen LogP contribution in [0.2, 0.25) is 0 Å². The van der Waals surface area contributed by atoms with E-state index in [1.54, 1.807) is 5.57 Å². The normalized spacial score (nSPS) is 17.4. The summed E-state index contributed by atoms with van der Waals surface area (Å²) in [5, 5.41) is 3.69. The predicted octanol–water partition coefficient (Wildman–Crippen LogP) is 4.80. The van der Waals surface area contributed by atoms with Crippen LogP contribution in [0.1, 0.15) is 56.6 Å². The summed E-state index contributed by atoms with van der Waals surface area (Å²) in [5.74, 6) is 0. The van der Waals surface area contributed by atoms with Gasteiger partial charge in [-0.2, -0.15) is 0 Å². The van der Waals surface area contributed by atoms with Crippen LogP contribution in [0.25, 0.3) is 0 Å². The SMILES string of the molecule is CCNC(CCc1ccc(C)cc1)C1=CCCCCC1. The molecule has 0 heterocycles. The first-order valence-electron chi connectivity index (χ1n) is 8.27. The number of likely N-dealkylation sites (N-methyl/N-ethyl adjacent to an activating group) is 1. The number of benzene rings is 1. The molecule has 1 aromatic carbocycles. The molecular formula is C19H29N. The number of hydrogen-bond donors (Lipinski definition) is 1. The maximum Gasteiger partial charge on any atom is 0.0282 e. The Morgan fingerprint density at radius 2 is 1.90 bits per heavy atom. The van der Waals surface area contributed by atoms with E-state index in [1.165, 1.54) is 56.1 Å². The fourth-order valence-corrected chi connectivity index (χ4v) is 3.09. The highest BCUT2D eigenvalue weighted by Crippen LogP contribution is 2.22. The Balaban J connectivity index is 1.94. The lowest BCUT2D eigenvalue weighted by molar-refractivity contribution is 0.531. The summed E-state index contributed by atoms with van der Waals surface area (Å²) in [6.07, 6.45) is 11.6. The third-order valence-corrected chi connectivity index (χ3v) is 4.32. The van der Waals surface area contributed by atoms with E-state index in [9.17, 15) is 0 Å². The van der Waals surface area contributed by atoms with Crippen LogP contribution in [0.4, 0.5) is 0 Å². The minimum absolute atomic E-state index is 0.583. The van der Waals surface area contributed by atoms with E-state index in [0.29, 0.717) is 6.04 Å². The Bertz CT molecular complexity index is 416. The van der Waals surface area contributed by atoms with Crippen LogP contribution in [0.15, 0.2) is 35.9 Å². The minimum atomic E-state index is 0.583. The van der Waals surface area contributed by atoms with Crippen molar-refractivity contribution < 1.29 is 0 Å². The van der Waals surface area contributed by atoms with Gasteiger partial charge in [0.1, 0.15) is 0 Å².